The number of methoxy groups -OCH3 is 3. The Hall–Kier alpha value is -3.35. The number of hydrogen-bond donors (Lipinski definition) is 1. The van der Waals surface area contributed by atoms with Gasteiger partial charge in [0, 0.05) is 11.3 Å². The number of carbonyl (C=O) groups excluding carboxylic acids is 3. The number of fused-ring (bicyclic) bond motifs is 1. The molecule has 1 heterocycles. The molecule has 0 fully saturated rings. The van der Waals surface area contributed by atoms with E-state index >= 15 is 0 Å². The van der Waals surface area contributed by atoms with E-state index in [0.717, 1.165) is 14.2 Å². The van der Waals surface area contributed by atoms with Gasteiger partial charge in [-0.3, -0.25) is 14.4 Å². The molecule has 140 valence electrons. The summed E-state index contributed by atoms with van der Waals surface area (Å²) < 4.78 is 15.0. The van der Waals surface area contributed by atoms with Crippen molar-refractivity contribution in [2.45, 2.75) is 5.41 Å². The molecule has 1 amide bonds. The maximum atomic E-state index is 13.3. The first kappa shape index (κ1) is 18.4. The minimum atomic E-state index is -1.65. The maximum absolute atomic E-state index is 13.3. The smallest absolute Gasteiger partial charge is 0.321 e. The second kappa shape index (κ2) is 7.11. The van der Waals surface area contributed by atoms with E-state index in [9.17, 15) is 14.4 Å². The number of rotatable bonds is 5. The van der Waals surface area contributed by atoms with Crippen LogP contribution < -0.4 is 10.1 Å². The molecule has 0 aliphatic carbocycles. The van der Waals surface area contributed by atoms with Gasteiger partial charge in [0.2, 0.25) is 5.91 Å². The minimum Gasteiger partial charge on any atom is -0.497 e. The second-order valence-electron chi connectivity index (χ2n) is 6.02. The lowest BCUT2D eigenvalue weighted by atomic mass is 9.66. The number of carbonyl (C=O) groups is 3. The first-order valence-electron chi connectivity index (χ1n) is 8.21. The van der Waals surface area contributed by atoms with E-state index in [1.165, 1.54) is 7.11 Å². The Kier molecular flexibility index (Phi) is 4.85. The predicted octanol–water partition coefficient (Wildman–Crippen LogP) is 1.90. The first-order valence-corrected chi connectivity index (χ1v) is 8.21. The number of hydrogen-bond acceptors (Lipinski definition) is 6. The number of esters is 2. The van der Waals surface area contributed by atoms with Gasteiger partial charge in [0.1, 0.15) is 11.2 Å². The lowest BCUT2D eigenvalue weighted by Crippen LogP contribution is -2.50. The molecule has 2 aromatic rings. The molecule has 1 aliphatic rings. The summed E-state index contributed by atoms with van der Waals surface area (Å²) in [4.78, 5) is 38.6. The molecule has 1 atom stereocenters. The van der Waals surface area contributed by atoms with Crippen LogP contribution in [0.25, 0.3) is 0 Å². The molecule has 1 aliphatic heterocycles. The Balaban J connectivity index is 2.39. The summed E-state index contributed by atoms with van der Waals surface area (Å²) in [6, 6.07) is 13.6. The van der Waals surface area contributed by atoms with Crippen molar-refractivity contribution in [1.29, 1.82) is 0 Å². The second-order valence-corrected chi connectivity index (χ2v) is 6.02. The topological polar surface area (TPSA) is 90.9 Å². The van der Waals surface area contributed by atoms with Crippen molar-refractivity contribution in [2.75, 3.05) is 26.6 Å². The van der Waals surface area contributed by atoms with Crippen LogP contribution in [-0.2, 0) is 29.3 Å². The van der Waals surface area contributed by atoms with E-state index in [-0.39, 0.29) is 0 Å². The summed E-state index contributed by atoms with van der Waals surface area (Å²) in [6.45, 7) is 0. The molecule has 0 unspecified atom stereocenters. The van der Waals surface area contributed by atoms with Crippen molar-refractivity contribution in [3.63, 3.8) is 0 Å². The lowest BCUT2D eigenvalue weighted by molar-refractivity contribution is -0.163. The Morgan fingerprint density at radius 3 is 2.15 bits per heavy atom. The highest BCUT2D eigenvalue weighted by atomic mass is 16.5. The number of nitrogens with one attached hydrogen (secondary N) is 1. The highest BCUT2D eigenvalue weighted by Crippen LogP contribution is 2.49. The van der Waals surface area contributed by atoms with Crippen molar-refractivity contribution < 1.29 is 28.6 Å². The molecule has 1 N–H and O–H groups in total. The molecule has 0 aromatic heterocycles. The van der Waals surface area contributed by atoms with Crippen LogP contribution in [0.4, 0.5) is 5.69 Å². The highest BCUT2D eigenvalue weighted by Gasteiger charge is 2.60. The maximum Gasteiger partial charge on any atom is 0.321 e. The molecule has 0 saturated heterocycles. The average Bonchev–Trinajstić information content (AvgIpc) is 3.00. The van der Waals surface area contributed by atoms with Gasteiger partial charge in [-0.2, -0.15) is 0 Å². The van der Waals surface area contributed by atoms with Crippen LogP contribution >= 0.6 is 0 Å². The molecule has 7 heteroatoms. The van der Waals surface area contributed by atoms with Gasteiger partial charge in [-0.15, -0.1) is 0 Å². The summed E-state index contributed by atoms with van der Waals surface area (Å²) in [6.07, 6.45) is 0. The van der Waals surface area contributed by atoms with Crippen LogP contribution in [0.2, 0.25) is 0 Å². The minimum absolute atomic E-state index is 0.443. The Morgan fingerprint density at radius 1 is 0.963 bits per heavy atom. The molecule has 2 aromatic carbocycles. The molecule has 7 nitrogen and oxygen atoms in total. The Bertz CT molecular complexity index is 879. The molecular formula is C20H19NO6. The van der Waals surface area contributed by atoms with Gasteiger partial charge >= 0.3 is 11.9 Å². The predicted molar refractivity (Wildman–Crippen MR) is 96.4 cm³/mol. The highest BCUT2D eigenvalue weighted by molar-refractivity contribution is 6.15. The number of benzene rings is 2. The van der Waals surface area contributed by atoms with Gasteiger partial charge in [0.25, 0.3) is 0 Å². The number of amides is 1. The van der Waals surface area contributed by atoms with Crippen LogP contribution in [0.15, 0.2) is 48.5 Å². The fourth-order valence-corrected chi connectivity index (χ4v) is 3.56. The van der Waals surface area contributed by atoms with Crippen molar-refractivity contribution in [1.82, 2.24) is 0 Å². The van der Waals surface area contributed by atoms with E-state index in [1.807, 2.05) is 0 Å². The van der Waals surface area contributed by atoms with E-state index in [4.69, 9.17) is 14.2 Å². The van der Waals surface area contributed by atoms with Crippen LogP contribution in [0, 0.1) is 5.92 Å². The average molecular weight is 369 g/mol. The largest absolute Gasteiger partial charge is 0.497 e. The molecule has 0 radical (unpaired) electrons. The van der Waals surface area contributed by atoms with Crippen LogP contribution in [0.1, 0.15) is 11.1 Å². The first-order chi connectivity index (χ1) is 13.0. The summed E-state index contributed by atoms with van der Waals surface area (Å²) >= 11 is 0. The molecule has 3 rings (SSSR count). The summed E-state index contributed by atoms with van der Waals surface area (Å²) in [5.41, 5.74) is -0.248. The van der Waals surface area contributed by atoms with Gasteiger partial charge in [-0.25, -0.2) is 0 Å². The van der Waals surface area contributed by atoms with Gasteiger partial charge in [0.15, 0.2) is 5.92 Å². The zero-order valence-electron chi connectivity index (χ0n) is 15.1. The molecule has 27 heavy (non-hydrogen) atoms. The van der Waals surface area contributed by atoms with Crippen LogP contribution in [-0.4, -0.2) is 39.2 Å². The summed E-state index contributed by atoms with van der Waals surface area (Å²) in [5.74, 6) is -3.28. The third-order valence-corrected chi connectivity index (χ3v) is 4.79. The SMILES string of the molecule is COC(=O)C(C(=O)OC)[C@]1(c2ccccc2)C(=O)Nc2ccc(OC)cc21. The van der Waals surface area contributed by atoms with E-state index in [2.05, 4.69) is 5.32 Å². The zero-order valence-corrected chi connectivity index (χ0v) is 15.1. The Morgan fingerprint density at radius 2 is 1.59 bits per heavy atom. The molecular weight excluding hydrogens is 350 g/mol. The van der Waals surface area contributed by atoms with Crippen molar-refractivity contribution in [3.8, 4) is 5.75 Å². The van der Waals surface area contributed by atoms with Crippen molar-refractivity contribution in [2.24, 2.45) is 5.92 Å². The summed E-state index contributed by atoms with van der Waals surface area (Å²) in [7, 11) is 3.82. The van der Waals surface area contributed by atoms with E-state index in [1.54, 1.807) is 48.5 Å². The fourth-order valence-electron chi connectivity index (χ4n) is 3.56. The van der Waals surface area contributed by atoms with Crippen molar-refractivity contribution in [3.05, 3.63) is 59.7 Å². The quantitative estimate of drug-likeness (QED) is 0.639. The van der Waals surface area contributed by atoms with Crippen molar-refractivity contribution >= 4 is 23.5 Å². The van der Waals surface area contributed by atoms with Crippen LogP contribution in [0.3, 0.4) is 0 Å². The lowest BCUT2D eigenvalue weighted by Gasteiger charge is -2.33. The fraction of sp³-hybridized carbons (Fsp3) is 0.250. The molecule has 0 spiro atoms. The number of anilines is 1. The molecule has 0 bridgehead atoms. The van der Waals surface area contributed by atoms with Crippen LogP contribution in [0.5, 0.6) is 5.75 Å². The van der Waals surface area contributed by atoms with E-state index in [0.29, 0.717) is 22.6 Å². The van der Waals surface area contributed by atoms with Gasteiger partial charge in [-0.05, 0) is 23.8 Å². The van der Waals surface area contributed by atoms with Gasteiger partial charge < -0.3 is 19.5 Å². The van der Waals surface area contributed by atoms with Gasteiger partial charge in [0.05, 0.1) is 21.3 Å². The normalized spacial score (nSPS) is 17.9. The zero-order chi connectivity index (χ0) is 19.6. The molecule has 0 saturated carbocycles. The number of ether oxygens (including phenoxy) is 3. The van der Waals surface area contributed by atoms with E-state index < -0.39 is 29.2 Å². The third-order valence-electron chi connectivity index (χ3n) is 4.79. The monoisotopic (exact) mass is 369 g/mol. The standard InChI is InChI=1S/C20H19NO6/c1-25-13-9-10-15-14(11-13)20(19(24)21-15,12-7-5-4-6-8-12)16(17(22)26-2)18(23)27-3/h4-11,16H,1-3H3,(H,21,24)/t20-/m1/s1. The third kappa shape index (κ3) is 2.71. The summed E-state index contributed by atoms with van der Waals surface area (Å²) in [5, 5.41) is 2.77. The Labute approximate surface area is 156 Å². The van der Waals surface area contributed by atoms with Gasteiger partial charge in [-0.1, -0.05) is 30.3 Å².